The number of benzene rings is 1. The fourth-order valence-corrected chi connectivity index (χ4v) is 3.68. The third-order valence-corrected chi connectivity index (χ3v) is 5.67. The number of aliphatic hydroxyl groups is 1. The molecule has 1 heterocycles. The normalized spacial score (nSPS) is 19.3. The van der Waals surface area contributed by atoms with E-state index in [1.807, 2.05) is 11.8 Å². The minimum atomic E-state index is 0.00739. The van der Waals surface area contributed by atoms with Crippen LogP contribution in [-0.4, -0.2) is 30.7 Å². The largest absolute Gasteiger partial charge is 0.396 e. The van der Waals surface area contributed by atoms with Crippen molar-refractivity contribution in [2.75, 3.05) is 25.6 Å². The average Bonchev–Trinajstić information content (AvgIpc) is 2.35. The van der Waals surface area contributed by atoms with Crippen molar-refractivity contribution in [3.05, 3.63) is 34.3 Å². The van der Waals surface area contributed by atoms with E-state index in [1.54, 1.807) is 0 Å². The van der Waals surface area contributed by atoms with Crippen LogP contribution in [0.25, 0.3) is 0 Å². The van der Waals surface area contributed by atoms with E-state index >= 15 is 0 Å². The van der Waals surface area contributed by atoms with Crippen LogP contribution in [0.15, 0.2) is 28.7 Å². The molecule has 1 fully saturated rings. The molecule has 1 aliphatic heterocycles. The molecule has 1 saturated heterocycles. The van der Waals surface area contributed by atoms with Crippen LogP contribution in [0.3, 0.4) is 0 Å². The van der Waals surface area contributed by atoms with Crippen LogP contribution in [0.1, 0.15) is 24.2 Å². The number of hydrogen-bond acceptors (Lipinski definition) is 3. The summed E-state index contributed by atoms with van der Waals surface area (Å²) in [5.74, 6) is 0.970. The average molecular weight is 331 g/mol. The summed E-state index contributed by atoms with van der Waals surface area (Å²) in [6.07, 6.45) is 1.11. The number of ether oxygens (including phenoxy) is 1. The molecule has 0 amide bonds. The van der Waals surface area contributed by atoms with Crippen LogP contribution in [0.5, 0.6) is 0 Å². The Hall–Kier alpha value is -0.0300. The van der Waals surface area contributed by atoms with Gasteiger partial charge in [-0.25, -0.2) is 0 Å². The Bertz CT molecular complexity index is 370. The highest BCUT2D eigenvalue weighted by Crippen LogP contribution is 2.39. The smallest absolute Gasteiger partial charge is 0.0575 e. The molecular formula is C14H19BrO2S. The summed E-state index contributed by atoms with van der Waals surface area (Å²) in [6.45, 7) is 3.85. The lowest BCUT2D eigenvalue weighted by Gasteiger charge is -2.40. The first-order valence-electron chi connectivity index (χ1n) is 6.25. The van der Waals surface area contributed by atoms with Crippen molar-refractivity contribution in [1.82, 2.24) is 0 Å². The van der Waals surface area contributed by atoms with E-state index in [0.29, 0.717) is 18.5 Å². The molecule has 1 atom stereocenters. The fraction of sp³-hybridized carbons (Fsp3) is 0.571. The zero-order chi connectivity index (χ0) is 13.0. The van der Waals surface area contributed by atoms with Gasteiger partial charge in [0.05, 0.1) is 19.8 Å². The molecule has 1 unspecified atom stereocenters. The maximum atomic E-state index is 9.43. The van der Waals surface area contributed by atoms with Gasteiger partial charge in [-0.15, -0.1) is 0 Å². The molecule has 0 radical (unpaired) electrons. The minimum Gasteiger partial charge on any atom is -0.396 e. The van der Waals surface area contributed by atoms with E-state index in [2.05, 4.69) is 47.1 Å². The summed E-state index contributed by atoms with van der Waals surface area (Å²) in [4.78, 5) is 0. The molecule has 2 nitrogen and oxygen atoms in total. The van der Waals surface area contributed by atoms with Gasteiger partial charge in [0.25, 0.3) is 0 Å². The number of aliphatic hydroxyl groups excluding tert-OH is 1. The Morgan fingerprint density at radius 3 is 2.50 bits per heavy atom. The first kappa shape index (κ1) is 14.4. The molecule has 1 aliphatic rings. The van der Waals surface area contributed by atoms with Crippen molar-refractivity contribution in [3.63, 3.8) is 0 Å². The van der Waals surface area contributed by atoms with Crippen molar-refractivity contribution >= 4 is 27.7 Å². The molecule has 1 aromatic carbocycles. The van der Waals surface area contributed by atoms with Gasteiger partial charge in [0.2, 0.25) is 0 Å². The van der Waals surface area contributed by atoms with Crippen molar-refractivity contribution in [2.45, 2.75) is 18.6 Å². The molecule has 1 aromatic rings. The standard InChI is InChI=1S/C14H19BrO2S/c1-2-13(11-3-5-12(15)6-4-11)18-10-14(7-16)8-17-9-14/h3-6,13,16H,2,7-10H2,1H3. The third-order valence-electron chi connectivity index (χ3n) is 3.36. The second-order valence-electron chi connectivity index (χ2n) is 4.91. The van der Waals surface area contributed by atoms with Crippen molar-refractivity contribution in [1.29, 1.82) is 0 Å². The summed E-state index contributed by atoms with van der Waals surface area (Å²) in [5, 5.41) is 9.93. The zero-order valence-corrected chi connectivity index (χ0v) is 13.0. The van der Waals surface area contributed by atoms with E-state index in [0.717, 1.165) is 16.6 Å². The number of thioether (sulfide) groups is 1. The van der Waals surface area contributed by atoms with Gasteiger partial charge in [-0.1, -0.05) is 35.0 Å². The highest BCUT2D eigenvalue weighted by molar-refractivity contribution is 9.10. The van der Waals surface area contributed by atoms with Crippen LogP contribution < -0.4 is 0 Å². The zero-order valence-electron chi connectivity index (χ0n) is 10.6. The van der Waals surface area contributed by atoms with E-state index < -0.39 is 0 Å². The third kappa shape index (κ3) is 3.29. The summed E-state index contributed by atoms with van der Waals surface area (Å²) in [5.41, 5.74) is 1.37. The van der Waals surface area contributed by atoms with Gasteiger partial charge >= 0.3 is 0 Å². The lowest BCUT2D eigenvalue weighted by atomic mass is 9.90. The Morgan fingerprint density at radius 1 is 1.39 bits per heavy atom. The van der Waals surface area contributed by atoms with Gasteiger partial charge in [0.1, 0.15) is 0 Å². The van der Waals surface area contributed by atoms with Crippen molar-refractivity contribution < 1.29 is 9.84 Å². The Balaban J connectivity index is 1.95. The molecule has 0 saturated carbocycles. The Labute approximate surface area is 121 Å². The van der Waals surface area contributed by atoms with E-state index in [4.69, 9.17) is 4.74 Å². The molecule has 18 heavy (non-hydrogen) atoms. The molecule has 4 heteroatoms. The van der Waals surface area contributed by atoms with Crippen LogP contribution >= 0.6 is 27.7 Å². The fourth-order valence-electron chi connectivity index (χ4n) is 2.02. The Morgan fingerprint density at radius 2 is 2.06 bits per heavy atom. The van der Waals surface area contributed by atoms with Crippen LogP contribution in [0.2, 0.25) is 0 Å². The van der Waals surface area contributed by atoms with E-state index in [1.165, 1.54) is 5.56 Å². The monoisotopic (exact) mass is 330 g/mol. The van der Waals surface area contributed by atoms with Crippen LogP contribution in [0, 0.1) is 5.41 Å². The molecule has 100 valence electrons. The first-order chi connectivity index (χ1) is 8.69. The van der Waals surface area contributed by atoms with Gasteiger partial charge in [-0.3, -0.25) is 0 Å². The van der Waals surface area contributed by atoms with Gasteiger partial charge in [0, 0.05) is 20.9 Å². The van der Waals surface area contributed by atoms with Gasteiger partial charge in [-0.05, 0) is 24.1 Å². The highest BCUT2D eigenvalue weighted by Gasteiger charge is 2.38. The summed E-state index contributed by atoms with van der Waals surface area (Å²) >= 11 is 5.39. The number of hydrogen-bond donors (Lipinski definition) is 1. The predicted molar refractivity (Wildman–Crippen MR) is 80.0 cm³/mol. The summed E-state index contributed by atoms with van der Waals surface area (Å²) in [6, 6.07) is 8.53. The van der Waals surface area contributed by atoms with Gasteiger partial charge in [0.15, 0.2) is 0 Å². The molecule has 0 aliphatic carbocycles. The highest BCUT2D eigenvalue weighted by atomic mass is 79.9. The molecule has 2 rings (SSSR count). The molecule has 0 aromatic heterocycles. The van der Waals surface area contributed by atoms with Crippen LogP contribution in [0.4, 0.5) is 0 Å². The SMILES string of the molecule is CCC(SCC1(CO)COC1)c1ccc(Br)cc1. The molecule has 0 bridgehead atoms. The van der Waals surface area contributed by atoms with Gasteiger partial charge < -0.3 is 9.84 Å². The molecule has 0 spiro atoms. The van der Waals surface area contributed by atoms with E-state index in [9.17, 15) is 5.11 Å². The van der Waals surface area contributed by atoms with E-state index in [-0.39, 0.29) is 12.0 Å². The summed E-state index contributed by atoms with van der Waals surface area (Å²) in [7, 11) is 0. The first-order valence-corrected chi connectivity index (χ1v) is 8.09. The van der Waals surface area contributed by atoms with Crippen LogP contribution in [-0.2, 0) is 4.74 Å². The number of halogens is 1. The second-order valence-corrected chi connectivity index (χ2v) is 7.02. The maximum Gasteiger partial charge on any atom is 0.0575 e. The predicted octanol–water partition coefficient (Wildman–Crippen LogP) is 3.64. The molecular weight excluding hydrogens is 312 g/mol. The number of rotatable bonds is 6. The van der Waals surface area contributed by atoms with Crippen molar-refractivity contribution in [2.24, 2.45) is 5.41 Å². The van der Waals surface area contributed by atoms with Crippen molar-refractivity contribution in [3.8, 4) is 0 Å². The topological polar surface area (TPSA) is 29.5 Å². The van der Waals surface area contributed by atoms with Gasteiger partial charge in [-0.2, -0.15) is 11.8 Å². The maximum absolute atomic E-state index is 9.43. The molecule has 1 N–H and O–H groups in total. The second kappa shape index (κ2) is 6.42. The lowest BCUT2D eigenvalue weighted by Crippen LogP contribution is -2.47. The lowest BCUT2D eigenvalue weighted by molar-refractivity contribution is -0.121. The Kier molecular flexibility index (Phi) is 5.13. The summed E-state index contributed by atoms with van der Waals surface area (Å²) < 4.78 is 6.35. The quantitative estimate of drug-likeness (QED) is 0.863. The minimum absolute atomic E-state index is 0.00739.